The Balaban J connectivity index is 1.30. The Morgan fingerprint density at radius 3 is 1.94 bits per heavy atom. The largest absolute Gasteiger partial charge is 0.278 e. The van der Waals surface area contributed by atoms with Crippen molar-refractivity contribution >= 4 is 32.7 Å². The summed E-state index contributed by atoms with van der Waals surface area (Å²) in [6.45, 7) is 4.40. The zero-order valence-electron chi connectivity index (χ0n) is 27.4. The van der Waals surface area contributed by atoms with Crippen LogP contribution in [0.1, 0.15) is 11.1 Å². The maximum Gasteiger partial charge on any atom is 0.235 e. The number of nitrogens with zero attached hydrogens (tertiary/aromatic N) is 3. The van der Waals surface area contributed by atoms with Gasteiger partial charge in [-0.15, -0.1) is 0 Å². The number of hydrogen-bond acceptors (Lipinski definition) is 2. The standard InChI is InChI=1S/C46H33N3/c1-30-14-6-7-20-36(30)44-31(2)15-12-23-37(44)34-26-27-39-38-21-9-11-25-42(38)49(43(39)29-34)46-47-41-24-10-8-22-40(41)45(48-46)35-19-13-18-33(28-35)32-16-4-3-5-17-32/h3-29H,1-2H3. The van der Waals surface area contributed by atoms with Crippen molar-refractivity contribution in [2.45, 2.75) is 13.8 Å². The molecule has 2 heterocycles. The molecule has 0 fully saturated rings. The van der Waals surface area contributed by atoms with E-state index in [-0.39, 0.29) is 0 Å². The summed E-state index contributed by atoms with van der Waals surface area (Å²) in [7, 11) is 0. The van der Waals surface area contributed by atoms with Crippen molar-refractivity contribution in [1.29, 1.82) is 0 Å². The molecule has 0 aliphatic carbocycles. The van der Waals surface area contributed by atoms with Gasteiger partial charge in [-0.25, -0.2) is 9.97 Å². The average molecular weight is 628 g/mol. The van der Waals surface area contributed by atoms with Gasteiger partial charge in [-0.05, 0) is 82.6 Å². The molecule has 9 rings (SSSR count). The lowest BCUT2D eigenvalue weighted by molar-refractivity contribution is 1.01. The summed E-state index contributed by atoms with van der Waals surface area (Å²) < 4.78 is 2.24. The van der Waals surface area contributed by atoms with Crippen molar-refractivity contribution in [2.75, 3.05) is 0 Å². The maximum atomic E-state index is 5.39. The van der Waals surface area contributed by atoms with Gasteiger partial charge in [0.1, 0.15) is 0 Å². The number of benzene rings is 7. The van der Waals surface area contributed by atoms with Crippen molar-refractivity contribution in [2.24, 2.45) is 0 Å². The third-order valence-electron chi connectivity index (χ3n) is 9.71. The highest BCUT2D eigenvalue weighted by atomic mass is 15.2. The fourth-order valence-electron chi connectivity index (χ4n) is 7.33. The molecule has 0 bridgehead atoms. The van der Waals surface area contributed by atoms with Crippen molar-refractivity contribution in [1.82, 2.24) is 14.5 Å². The normalized spacial score (nSPS) is 11.5. The second-order valence-corrected chi connectivity index (χ2v) is 12.7. The van der Waals surface area contributed by atoms with E-state index in [0.717, 1.165) is 44.3 Å². The first-order chi connectivity index (χ1) is 24.1. The van der Waals surface area contributed by atoms with Crippen molar-refractivity contribution in [3.8, 4) is 50.6 Å². The van der Waals surface area contributed by atoms with E-state index in [1.54, 1.807) is 0 Å². The first-order valence-electron chi connectivity index (χ1n) is 16.8. The Labute approximate surface area is 285 Å². The Morgan fingerprint density at radius 2 is 1.06 bits per heavy atom. The number of hydrogen-bond donors (Lipinski definition) is 0. The third-order valence-corrected chi connectivity index (χ3v) is 9.71. The van der Waals surface area contributed by atoms with E-state index in [2.05, 4.69) is 182 Å². The van der Waals surface area contributed by atoms with Crippen molar-refractivity contribution < 1.29 is 0 Å². The quantitative estimate of drug-likeness (QED) is 0.190. The van der Waals surface area contributed by atoms with Crippen LogP contribution in [0.4, 0.5) is 0 Å². The molecule has 2 aromatic heterocycles. The summed E-state index contributed by atoms with van der Waals surface area (Å²) in [6, 6.07) is 58.2. The second-order valence-electron chi connectivity index (χ2n) is 12.7. The highest BCUT2D eigenvalue weighted by Gasteiger charge is 2.19. The van der Waals surface area contributed by atoms with Crippen molar-refractivity contribution in [3.05, 3.63) is 175 Å². The lowest BCUT2D eigenvalue weighted by Gasteiger charge is -2.16. The first kappa shape index (κ1) is 28.9. The molecule has 0 saturated carbocycles. The van der Waals surface area contributed by atoms with E-state index in [1.807, 2.05) is 0 Å². The monoisotopic (exact) mass is 627 g/mol. The van der Waals surface area contributed by atoms with Gasteiger partial charge in [-0.2, -0.15) is 0 Å². The van der Waals surface area contributed by atoms with Gasteiger partial charge in [0.05, 0.1) is 22.2 Å². The smallest absolute Gasteiger partial charge is 0.235 e. The maximum absolute atomic E-state index is 5.39. The van der Waals surface area contributed by atoms with Crippen LogP contribution in [0.5, 0.6) is 0 Å². The van der Waals surface area contributed by atoms with E-state index in [0.29, 0.717) is 5.95 Å². The molecule has 0 spiro atoms. The van der Waals surface area contributed by atoms with Gasteiger partial charge in [0.15, 0.2) is 0 Å². The van der Waals surface area contributed by atoms with E-state index in [9.17, 15) is 0 Å². The minimum Gasteiger partial charge on any atom is -0.278 e. The third kappa shape index (κ3) is 4.90. The molecule has 0 N–H and O–H groups in total. The number of fused-ring (bicyclic) bond motifs is 4. The zero-order chi connectivity index (χ0) is 32.9. The van der Waals surface area contributed by atoms with Crippen LogP contribution >= 0.6 is 0 Å². The SMILES string of the molecule is Cc1ccccc1-c1c(C)cccc1-c1ccc2c3ccccc3n(-c3nc(-c4cccc(-c5ccccc5)c4)c4ccccc4n3)c2c1. The van der Waals surface area contributed by atoms with E-state index in [4.69, 9.17) is 9.97 Å². The van der Waals surface area contributed by atoms with E-state index in [1.165, 1.54) is 44.2 Å². The molecule has 232 valence electrons. The van der Waals surface area contributed by atoms with Crippen molar-refractivity contribution in [3.63, 3.8) is 0 Å². The first-order valence-corrected chi connectivity index (χ1v) is 16.8. The lowest BCUT2D eigenvalue weighted by atomic mass is 9.89. The Kier molecular flexibility index (Phi) is 6.91. The molecule has 3 nitrogen and oxygen atoms in total. The number of rotatable bonds is 5. The molecule has 0 atom stereocenters. The molecule has 0 aliphatic rings. The number of aromatic nitrogens is 3. The molecule has 0 amide bonds. The van der Waals surface area contributed by atoms with Crippen LogP contribution in [-0.2, 0) is 0 Å². The summed E-state index contributed by atoms with van der Waals surface area (Å²) in [5, 5.41) is 3.38. The van der Waals surface area contributed by atoms with Crippen LogP contribution in [0.15, 0.2) is 164 Å². The molecular formula is C46H33N3. The molecule has 0 saturated heterocycles. The van der Waals surface area contributed by atoms with Crippen LogP contribution in [-0.4, -0.2) is 14.5 Å². The fraction of sp³-hybridized carbons (Fsp3) is 0.0435. The summed E-state index contributed by atoms with van der Waals surface area (Å²) in [5.41, 5.74) is 14.8. The minimum atomic E-state index is 0.658. The van der Waals surface area contributed by atoms with Gasteiger partial charge < -0.3 is 0 Å². The molecule has 9 aromatic rings. The average Bonchev–Trinajstić information content (AvgIpc) is 3.49. The zero-order valence-corrected chi connectivity index (χ0v) is 27.4. The van der Waals surface area contributed by atoms with Gasteiger partial charge in [0, 0.05) is 21.7 Å². The minimum absolute atomic E-state index is 0.658. The van der Waals surface area contributed by atoms with Crippen LogP contribution in [0.25, 0.3) is 83.3 Å². The van der Waals surface area contributed by atoms with Gasteiger partial charge >= 0.3 is 0 Å². The molecule has 3 heteroatoms. The predicted octanol–water partition coefficient (Wildman–Crippen LogP) is 12.0. The number of aryl methyl sites for hydroxylation is 2. The van der Waals surface area contributed by atoms with Gasteiger partial charge in [0.2, 0.25) is 5.95 Å². The fourth-order valence-corrected chi connectivity index (χ4v) is 7.33. The molecular weight excluding hydrogens is 595 g/mol. The molecule has 0 radical (unpaired) electrons. The lowest BCUT2D eigenvalue weighted by Crippen LogP contribution is -2.03. The van der Waals surface area contributed by atoms with E-state index < -0.39 is 0 Å². The van der Waals surface area contributed by atoms with Crippen LogP contribution in [0.2, 0.25) is 0 Å². The van der Waals surface area contributed by atoms with Gasteiger partial charge in [-0.3, -0.25) is 4.57 Å². The van der Waals surface area contributed by atoms with E-state index >= 15 is 0 Å². The van der Waals surface area contributed by atoms with Gasteiger partial charge in [0.25, 0.3) is 0 Å². The second kappa shape index (κ2) is 11.7. The predicted molar refractivity (Wildman–Crippen MR) is 205 cm³/mol. The molecule has 0 unspecified atom stereocenters. The Hall–Kier alpha value is -6.32. The number of para-hydroxylation sites is 2. The Morgan fingerprint density at radius 1 is 0.408 bits per heavy atom. The Bertz CT molecular complexity index is 2680. The molecule has 7 aromatic carbocycles. The van der Waals surface area contributed by atoms with Gasteiger partial charge in [-0.1, -0.05) is 140 Å². The molecule has 49 heavy (non-hydrogen) atoms. The highest BCUT2D eigenvalue weighted by molar-refractivity contribution is 6.10. The topological polar surface area (TPSA) is 30.7 Å². The molecule has 0 aliphatic heterocycles. The van der Waals surface area contributed by atoms with Crippen LogP contribution in [0, 0.1) is 13.8 Å². The summed E-state index contributed by atoms with van der Waals surface area (Å²) in [6.07, 6.45) is 0. The van der Waals surface area contributed by atoms with Crippen LogP contribution in [0.3, 0.4) is 0 Å². The summed E-state index contributed by atoms with van der Waals surface area (Å²) in [5.74, 6) is 0.658. The van der Waals surface area contributed by atoms with Crippen LogP contribution < -0.4 is 0 Å². The highest BCUT2D eigenvalue weighted by Crippen LogP contribution is 2.40. The summed E-state index contributed by atoms with van der Waals surface area (Å²) in [4.78, 5) is 10.6. The summed E-state index contributed by atoms with van der Waals surface area (Å²) >= 11 is 0.